The molecule has 0 rings (SSSR count). The lowest BCUT2D eigenvalue weighted by atomic mass is 10.9. The van der Waals surface area contributed by atoms with E-state index in [0.29, 0.717) is 0 Å². The number of nitrogens with two attached hydrogens (primary N) is 1. The number of primary amides is 1. The molecule has 0 aliphatic rings. The van der Waals surface area contributed by atoms with Gasteiger partial charge in [-0.15, -0.1) is 4.79 Å². The van der Waals surface area contributed by atoms with E-state index in [9.17, 15) is 4.79 Å². The average Bonchev–Trinajstić information content (AvgIpc) is 1.66. The Hall–Kier alpha value is -1.57. The zero-order valence-electron chi connectivity index (χ0n) is 3.96. The van der Waals surface area contributed by atoms with Crippen molar-refractivity contribution in [3.63, 3.8) is 0 Å². The van der Waals surface area contributed by atoms with Crippen LogP contribution in [-0.2, 0) is 0 Å². The number of rotatable bonds is 1. The highest BCUT2D eigenvalue weighted by Gasteiger charge is 1.80. The van der Waals surface area contributed by atoms with Crippen molar-refractivity contribution in [2.75, 3.05) is 0 Å². The van der Waals surface area contributed by atoms with Crippen LogP contribution in [0.4, 0.5) is 4.79 Å². The summed E-state index contributed by atoms with van der Waals surface area (Å²) in [5.74, 6) is 1.92. The number of amides is 2. The first kappa shape index (κ1) is 6.43. The molecule has 0 aliphatic carbocycles. The lowest BCUT2D eigenvalue weighted by Crippen LogP contribution is -2.24. The highest BCUT2D eigenvalue weighted by Crippen LogP contribution is 1.49. The van der Waals surface area contributed by atoms with Crippen molar-refractivity contribution in [2.45, 2.75) is 0 Å². The van der Waals surface area contributed by atoms with Gasteiger partial charge in [-0.2, -0.15) is 0 Å². The molecule has 8 heavy (non-hydrogen) atoms. The van der Waals surface area contributed by atoms with Crippen molar-refractivity contribution in [2.24, 2.45) is 5.73 Å². The van der Waals surface area contributed by atoms with Gasteiger partial charge in [0.05, 0.1) is 0 Å². The Morgan fingerprint density at radius 3 is 3.00 bits per heavy atom. The van der Waals surface area contributed by atoms with Crippen molar-refractivity contribution in [3.05, 3.63) is 11.7 Å². The van der Waals surface area contributed by atoms with Gasteiger partial charge in [-0.25, -0.2) is 4.79 Å². The fourth-order valence-corrected chi connectivity index (χ4v) is 0.132. The maximum Gasteiger partial charge on any atom is 0.317 e. The van der Waals surface area contributed by atoms with E-state index in [4.69, 9.17) is 5.53 Å². The third-order valence-corrected chi connectivity index (χ3v) is 0.337. The molecule has 0 bridgehead atoms. The molecule has 3 N–H and O–H groups in total. The fourth-order valence-electron chi connectivity index (χ4n) is 0.132. The van der Waals surface area contributed by atoms with Gasteiger partial charge in [0.2, 0.25) is 0 Å². The van der Waals surface area contributed by atoms with Crippen LogP contribution >= 0.6 is 0 Å². The van der Waals surface area contributed by atoms with E-state index in [1.807, 2.05) is 11.2 Å². The smallest absolute Gasteiger partial charge is 0.317 e. The molecule has 0 saturated carbocycles. The molecule has 0 spiro atoms. The molecule has 2 amide bonds. The maximum absolute atomic E-state index is 9.79. The van der Waals surface area contributed by atoms with Gasteiger partial charge in [-0.3, -0.25) is 0 Å². The van der Waals surface area contributed by atoms with Crippen LogP contribution in [-0.4, -0.2) is 16.7 Å². The van der Waals surface area contributed by atoms with Crippen molar-refractivity contribution in [1.29, 1.82) is 0 Å². The largest absolute Gasteiger partial charge is 0.351 e. The van der Waals surface area contributed by atoms with E-state index in [1.54, 1.807) is 0 Å². The Balaban J connectivity index is 3.61. The third-order valence-electron chi connectivity index (χ3n) is 0.337. The predicted octanol–water partition coefficient (Wildman–Crippen LogP) is -0.932. The van der Waals surface area contributed by atoms with E-state index in [1.165, 1.54) is 0 Å². The Labute approximate surface area is 45.4 Å². The van der Waals surface area contributed by atoms with E-state index in [-0.39, 0.29) is 0 Å². The second kappa shape index (κ2) is 3.61. The summed E-state index contributed by atoms with van der Waals surface area (Å²) < 4.78 is 0. The van der Waals surface area contributed by atoms with E-state index in [2.05, 4.69) is 10.5 Å². The van der Waals surface area contributed by atoms with Gasteiger partial charge in [0.25, 0.3) is 0 Å². The van der Waals surface area contributed by atoms with Crippen LogP contribution in [0.3, 0.4) is 0 Å². The number of carbonyl (C=O) groups excluding carboxylic acids is 1. The first-order valence-electron chi connectivity index (χ1n) is 1.74. The van der Waals surface area contributed by atoms with Crippen LogP contribution < -0.4 is 11.1 Å². The Morgan fingerprint density at radius 1 is 2.00 bits per heavy atom. The minimum atomic E-state index is -0.721. The van der Waals surface area contributed by atoms with Crippen molar-refractivity contribution < 1.29 is 9.58 Å². The summed E-state index contributed by atoms with van der Waals surface area (Å²) in [6.07, 6.45) is 0.988. The summed E-state index contributed by atoms with van der Waals surface area (Å²) >= 11 is 0. The molecule has 0 aromatic heterocycles. The number of urea groups is 1. The van der Waals surface area contributed by atoms with Crippen molar-refractivity contribution >= 4 is 11.9 Å². The molecular weight excluding hydrogens is 108 g/mol. The molecule has 0 unspecified atom stereocenters. The fraction of sp³-hybridized carbons (Fsp3) is 0. The first-order chi connectivity index (χ1) is 3.77. The van der Waals surface area contributed by atoms with Gasteiger partial charge in [0, 0.05) is 0 Å². The van der Waals surface area contributed by atoms with Gasteiger partial charge < -0.3 is 16.6 Å². The summed E-state index contributed by atoms with van der Waals surface area (Å²) in [5.41, 5.74) is 12.3. The molecule has 0 heterocycles. The van der Waals surface area contributed by atoms with Crippen LogP contribution in [0.25, 0.3) is 5.53 Å². The molecule has 5 nitrogen and oxygen atoms in total. The van der Waals surface area contributed by atoms with Gasteiger partial charge in [0.1, 0.15) is 6.20 Å². The van der Waals surface area contributed by atoms with Crippen molar-refractivity contribution in [1.82, 2.24) is 5.32 Å². The molecule has 0 saturated heterocycles. The second-order valence-electron chi connectivity index (χ2n) is 0.882. The van der Waals surface area contributed by atoms with Crippen LogP contribution in [0.2, 0.25) is 0 Å². The summed E-state index contributed by atoms with van der Waals surface area (Å²) in [4.78, 5) is 12.2. The zero-order valence-corrected chi connectivity index (χ0v) is 3.96. The molecule has 5 heteroatoms. The minimum Gasteiger partial charge on any atom is -0.351 e. The maximum atomic E-state index is 9.79. The van der Waals surface area contributed by atoms with E-state index < -0.39 is 6.03 Å². The molecule has 0 aliphatic heterocycles. The zero-order chi connectivity index (χ0) is 6.41. The summed E-state index contributed by atoms with van der Waals surface area (Å²) in [7, 11) is 0. The molecule has 0 radical (unpaired) electrons. The van der Waals surface area contributed by atoms with Crippen molar-refractivity contribution in [3.8, 4) is 0 Å². The van der Waals surface area contributed by atoms with Crippen LogP contribution in [0.5, 0.6) is 0 Å². The minimum absolute atomic E-state index is 0.721. The SMILES string of the molecule is [N-]=[N+]=C=CNC(N)=O. The van der Waals surface area contributed by atoms with Crippen LogP contribution in [0.15, 0.2) is 6.20 Å². The lowest BCUT2D eigenvalue weighted by molar-refractivity contribution is 0.00778. The third kappa shape index (κ3) is 4.43. The molecular formula is C3H4N4O. The van der Waals surface area contributed by atoms with E-state index in [0.717, 1.165) is 6.20 Å². The standard InChI is InChI=1S/C3H4N4O/c4-3(8)6-1-2-7-5/h1H,(H3,4,6,8). The number of hydrogen-bond acceptors (Lipinski definition) is 1. The normalized spacial score (nSPS) is 6.00. The van der Waals surface area contributed by atoms with Crippen LogP contribution in [0.1, 0.15) is 0 Å². The molecule has 0 aromatic carbocycles. The monoisotopic (exact) mass is 112 g/mol. The number of hydrogen-bond donors (Lipinski definition) is 2. The molecule has 0 aromatic rings. The molecule has 0 atom stereocenters. The predicted molar refractivity (Wildman–Crippen MR) is 25.9 cm³/mol. The Kier molecular flexibility index (Phi) is 2.90. The Bertz CT molecular complexity index is 162. The lowest BCUT2D eigenvalue weighted by Gasteiger charge is -1.80. The molecule has 0 fully saturated rings. The number of nitrogens with one attached hydrogen (secondary N) is 1. The number of nitrogens with zero attached hydrogens (tertiary/aromatic N) is 2. The highest BCUT2D eigenvalue weighted by molar-refractivity contribution is 5.74. The Morgan fingerprint density at radius 2 is 2.62 bits per heavy atom. The highest BCUT2D eigenvalue weighted by atomic mass is 16.2. The molecule has 42 valence electrons. The van der Waals surface area contributed by atoms with Gasteiger partial charge in [-0.05, 0) is 0 Å². The summed E-state index contributed by atoms with van der Waals surface area (Å²) in [6, 6.07) is -0.721. The first-order valence-corrected chi connectivity index (χ1v) is 1.74. The quantitative estimate of drug-likeness (QED) is 0.256. The van der Waals surface area contributed by atoms with Gasteiger partial charge >= 0.3 is 11.9 Å². The summed E-state index contributed by atoms with van der Waals surface area (Å²) in [5, 5.41) is 2.00. The van der Waals surface area contributed by atoms with Crippen LogP contribution in [0, 0.1) is 0 Å². The second-order valence-corrected chi connectivity index (χ2v) is 0.882. The average molecular weight is 112 g/mol. The van der Waals surface area contributed by atoms with Gasteiger partial charge in [0.15, 0.2) is 0 Å². The topological polar surface area (TPSA) is 91.5 Å². The van der Waals surface area contributed by atoms with E-state index >= 15 is 0 Å². The summed E-state index contributed by atoms with van der Waals surface area (Å²) in [6.45, 7) is 0. The van der Waals surface area contributed by atoms with Gasteiger partial charge in [-0.1, -0.05) is 0 Å². The number of carbonyl (C=O) groups is 1.